The number of thiazole rings is 1. The van der Waals surface area contributed by atoms with Crippen LogP contribution in [0.25, 0.3) is 10.2 Å². The highest BCUT2D eigenvalue weighted by molar-refractivity contribution is 7.90. The van der Waals surface area contributed by atoms with E-state index in [1.54, 1.807) is 24.3 Å². The lowest BCUT2D eigenvalue weighted by Crippen LogP contribution is -2.52. The molecule has 4 rings (SSSR count). The number of para-hydroxylation sites is 1. The normalized spacial score (nSPS) is 13.2. The van der Waals surface area contributed by atoms with Gasteiger partial charge in [0.25, 0.3) is 0 Å². The second-order valence-corrected chi connectivity index (χ2v) is 12.3. The molecule has 1 unspecified atom stereocenters. The number of benzene rings is 3. The molecule has 0 aliphatic rings. The molecule has 0 saturated heterocycles. The van der Waals surface area contributed by atoms with Crippen LogP contribution >= 0.6 is 11.3 Å². The van der Waals surface area contributed by atoms with Crippen LogP contribution in [-0.4, -0.2) is 42.9 Å². The zero-order chi connectivity index (χ0) is 27.0. The zero-order valence-electron chi connectivity index (χ0n) is 21.2. The summed E-state index contributed by atoms with van der Waals surface area (Å²) in [5.41, 5.74) is 2.31. The molecule has 0 saturated carbocycles. The van der Waals surface area contributed by atoms with Gasteiger partial charge in [0.15, 0.2) is 14.8 Å². The number of rotatable bonds is 13. The van der Waals surface area contributed by atoms with Gasteiger partial charge in [-0.05, 0) is 29.7 Å². The predicted octanol–water partition coefficient (Wildman–Crippen LogP) is 4.54. The van der Waals surface area contributed by atoms with Crippen LogP contribution in [-0.2, 0) is 26.9 Å². The van der Waals surface area contributed by atoms with Gasteiger partial charge >= 0.3 is 0 Å². The molecule has 0 spiro atoms. The summed E-state index contributed by atoms with van der Waals surface area (Å²) < 4.78 is 27.1. The molecule has 0 radical (unpaired) electrons. The van der Waals surface area contributed by atoms with Gasteiger partial charge in [0, 0.05) is 6.54 Å². The Labute approximate surface area is 227 Å². The predicted molar refractivity (Wildman–Crippen MR) is 152 cm³/mol. The van der Waals surface area contributed by atoms with E-state index < -0.39 is 33.6 Å². The Hall–Kier alpha value is -3.40. The lowest BCUT2D eigenvalue weighted by Gasteiger charge is -2.22. The molecule has 0 bridgehead atoms. The van der Waals surface area contributed by atoms with E-state index in [1.807, 2.05) is 67.6 Å². The van der Waals surface area contributed by atoms with Crippen molar-refractivity contribution < 1.29 is 18.0 Å². The van der Waals surface area contributed by atoms with Crippen molar-refractivity contribution in [3.05, 3.63) is 101 Å². The van der Waals surface area contributed by atoms with E-state index in [2.05, 4.69) is 15.6 Å². The van der Waals surface area contributed by atoms with Crippen molar-refractivity contribution in [3.8, 4) is 0 Å². The van der Waals surface area contributed by atoms with Crippen molar-refractivity contribution in [1.82, 2.24) is 15.6 Å². The molecule has 198 valence electrons. The van der Waals surface area contributed by atoms with Crippen LogP contribution in [0.2, 0.25) is 0 Å². The summed E-state index contributed by atoms with van der Waals surface area (Å²) in [7, 11) is -3.64. The molecular formula is C29H31N3O4S2. The SMILES string of the molecule is CCCC(NC(=O)[C@H](CS(=O)(=O)Cc1ccccc1)NCc1ccccc1)C(=O)c1nc2ccccc2s1. The van der Waals surface area contributed by atoms with Crippen LogP contribution in [0.1, 0.15) is 40.7 Å². The number of fused-ring (bicyclic) bond motifs is 1. The fourth-order valence-electron chi connectivity index (χ4n) is 4.16. The molecule has 0 aliphatic heterocycles. The molecule has 1 amide bonds. The third kappa shape index (κ3) is 7.56. The maximum atomic E-state index is 13.5. The van der Waals surface area contributed by atoms with Crippen LogP contribution in [0.15, 0.2) is 84.9 Å². The average molecular weight is 550 g/mol. The number of hydrogen-bond acceptors (Lipinski definition) is 7. The van der Waals surface area contributed by atoms with Crippen LogP contribution in [0, 0.1) is 0 Å². The number of sulfone groups is 1. The Bertz CT molecular complexity index is 1440. The average Bonchev–Trinajstić information content (AvgIpc) is 3.35. The molecule has 2 N–H and O–H groups in total. The number of amides is 1. The number of carbonyl (C=O) groups is 2. The number of carbonyl (C=O) groups excluding carboxylic acids is 2. The third-order valence-corrected chi connectivity index (χ3v) is 8.74. The van der Waals surface area contributed by atoms with E-state index in [1.165, 1.54) is 11.3 Å². The van der Waals surface area contributed by atoms with Crippen LogP contribution in [0.4, 0.5) is 0 Å². The van der Waals surface area contributed by atoms with Crippen molar-refractivity contribution in [3.63, 3.8) is 0 Å². The number of Topliss-reactive ketones (excluding diaryl/α,β-unsaturated/α-hetero) is 1. The number of aromatic nitrogens is 1. The van der Waals surface area contributed by atoms with Gasteiger partial charge in [0.1, 0.15) is 6.04 Å². The van der Waals surface area contributed by atoms with Crippen LogP contribution in [0.5, 0.6) is 0 Å². The summed E-state index contributed by atoms with van der Waals surface area (Å²) in [6.45, 7) is 2.24. The molecule has 0 aliphatic carbocycles. The van der Waals surface area contributed by atoms with E-state index in [0.717, 1.165) is 15.8 Å². The van der Waals surface area contributed by atoms with Crippen molar-refractivity contribution in [2.24, 2.45) is 0 Å². The van der Waals surface area contributed by atoms with Gasteiger partial charge in [-0.2, -0.15) is 0 Å². The largest absolute Gasteiger partial charge is 0.344 e. The molecule has 4 aromatic rings. The molecule has 38 heavy (non-hydrogen) atoms. The Balaban J connectivity index is 1.52. The van der Waals surface area contributed by atoms with E-state index in [4.69, 9.17) is 0 Å². The molecular weight excluding hydrogens is 518 g/mol. The second-order valence-electron chi connectivity index (χ2n) is 9.16. The molecule has 0 fully saturated rings. The quantitative estimate of drug-likeness (QED) is 0.237. The van der Waals surface area contributed by atoms with Crippen molar-refractivity contribution >= 4 is 43.1 Å². The minimum Gasteiger partial charge on any atom is -0.344 e. The first-order valence-electron chi connectivity index (χ1n) is 12.6. The minimum absolute atomic E-state index is 0.173. The number of nitrogens with zero attached hydrogens (tertiary/aromatic N) is 1. The van der Waals surface area contributed by atoms with Crippen LogP contribution in [0.3, 0.4) is 0 Å². The number of nitrogens with one attached hydrogen (secondary N) is 2. The third-order valence-electron chi connectivity index (χ3n) is 6.08. The van der Waals surface area contributed by atoms with E-state index in [0.29, 0.717) is 30.0 Å². The molecule has 2 atom stereocenters. The lowest BCUT2D eigenvalue weighted by atomic mass is 10.1. The first-order chi connectivity index (χ1) is 18.3. The van der Waals surface area contributed by atoms with E-state index in [9.17, 15) is 18.0 Å². The van der Waals surface area contributed by atoms with E-state index >= 15 is 0 Å². The fourth-order valence-corrected chi connectivity index (χ4v) is 6.72. The lowest BCUT2D eigenvalue weighted by molar-refractivity contribution is -0.123. The van der Waals surface area contributed by atoms with Gasteiger partial charge in [-0.3, -0.25) is 9.59 Å². The summed E-state index contributed by atoms with van der Waals surface area (Å²) in [5.74, 6) is -1.36. The van der Waals surface area contributed by atoms with Crippen molar-refractivity contribution in [1.29, 1.82) is 0 Å². The zero-order valence-corrected chi connectivity index (χ0v) is 22.8. The highest BCUT2D eigenvalue weighted by Gasteiger charge is 2.30. The molecule has 7 nitrogen and oxygen atoms in total. The standard InChI is InChI=1S/C29H31N3O4S2/c1-2-11-24(27(33)29-32-23-16-9-10-17-26(23)37-29)31-28(34)25(30-18-21-12-5-3-6-13-21)20-38(35,36)19-22-14-7-4-8-15-22/h3-10,12-17,24-25,30H,2,11,18-20H2,1H3,(H,31,34)/t24?,25-/m0/s1. The monoisotopic (exact) mass is 549 g/mol. The highest BCUT2D eigenvalue weighted by Crippen LogP contribution is 2.23. The summed E-state index contributed by atoms with van der Waals surface area (Å²) in [5, 5.41) is 6.27. The Morgan fingerprint density at radius 2 is 1.50 bits per heavy atom. The summed E-state index contributed by atoms with van der Waals surface area (Å²) in [4.78, 5) is 31.3. The first-order valence-corrected chi connectivity index (χ1v) is 15.2. The Kier molecular flexibility index (Phi) is 9.38. The molecule has 1 heterocycles. The molecule has 1 aromatic heterocycles. The van der Waals surface area contributed by atoms with Gasteiger partial charge in [0.05, 0.1) is 27.8 Å². The smallest absolute Gasteiger partial charge is 0.238 e. The van der Waals surface area contributed by atoms with Crippen molar-refractivity contribution in [2.75, 3.05) is 5.75 Å². The van der Waals surface area contributed by atoms with Gasteiger partial charge in [-0.1, -0.05) is 86.1 Å². The Morgan fingerprint density at radius 3 is 2.16 bits per heavy atom. The van der Waals surface area contributed by atoms with Gasteiger partial charge < -0.3 is 10.6 Å². The first kappa shape index (κ1) is 27.6. The molecule has 9 heteroatoms. The maximum Gasteiger partial charge on any atom is 0.238 e. The van der Waals surface area contributed by atoms with Crippen LogP contribution < -0.4 is 10.6 Å². The Morgan fingerprint density at radius 1 is 0.868 bits per heavy atom. The van der Waals surface area contributed by atoms with Gasteiger partial charge in [-0.25, -0.2) is 13.4 Å². The summed E-state index contributed by atoms with van der Waals surface area (Å²) in [6.07, 6.45) is 1.08. The number of ketones is 1. The van der Waals surface area contributed by atoms with E-state index in [-0.39, 0.29) is 11.5 Å². The van der Waals surface area contributed by atoms with Gasteiger partial charge in [0.2, 0.25) is 11.7 Å². The summed E-state index contributed by atoms with van der Waals surface area (Å²) in [6, 6.07) is 24.0. The van der Waals surface area contributed by atoms with Gasteiger partial charge in [-0.15, -0.1) is 11.3 Å². The summed E-state index contributed by atoms with van der Waals surface area (Å²) >= 11 is 1.29. The highest BCUT2D eigenvalue weighted by atomic mass is 32.2. The second kappa shape index (κ2) is 12.9. The number of hydrogen-bond donors (Lipinski definition) is 2. The maximum absolute atomic E-state index is 13.5. The fraction of sp³-hybridized carbons (Fsp3) is 0.276. The molecule has 3 aromatic carbocycles. The van der Waals surface area contributed by atoms with Crippen molar-refractivity contribution in [2.45, 2.75) is 44.1 Å². The topological polar surface area (TPSA) is 105 Å². The minimum atomic E-state index is -3.64.